The highest BCUT2D eigenvalue weighted by Crippen LogP contribution is 2.23. The van der Waals surface area contributed by atoms with Crippen molar-refractivity contribution in [1.29, 1.82) is 5.26 Å². The number of nitrogens with two attached hydrogens (primary N) is 1. The van der Waals surface area contributed by atoms with Gasteiger partial charge < -0.3 is 5.73 Å². The van der Waals surface area contributed by atoms with Crippen LogP contribution in [-0.2, 0) is 0 Å². The van der Waals surface area contributed by atoms with E-state index in [1.54, 1.807) is 0 Å². The largest absolute Gasteiger partial charge is 0.323 e. The number of rotatable bonds is 2. The van der Waals surface area contributed by atoms with E-state index in [4.69, 9.17) is 11.0 Å². The van der Waals surface area contributed by atoms with Gasteiger partial charge in [0.15, 0.2) is 0 Å². The lowest BCUT2D eigenvalue weighted by Gasteiger charge is -2.15. The van der Waals surface area contributed by atoms with Crippen molar-refractivity contribution in [2.24, 2.45) is 5.73 Å². The summed E-state index contributed by atoms with van der Waals surface area (Å²) in [5.41, 5.74) is 10.7. The maximum Gasteiger partial charge on any atom is 0.0641 e. The highest BCUT2D eigenvalue weighted by molar-refractivity contribution is 5.39. The highest BCUT2D eigenvalue weighted by atomic mass is 14.6. The molecule has 0 bridgehead atoms. The Bertz CT molecular complexity index is 351. The van der Waals surface area contributed by atoms with Gasteiger partial charge in [-0.05, 0) is 37.5 Å². The van der Waals surface area contributed by atoms with Crippen molar-refractivity contribution in [3.05, 3.63) is 34.4 Å². The monoisotopic (exact) mass is 188 g/mol. The Morgan fingerprint density at radius 3 is 2.21 bits per heavy atom. The molecule has 0 aromatic heterocycles. The molecule has 2 heteroatoms. The maximum absolute atomic E-state index is 8.60. The summed E-state index contributed by atoms with van der Waals surface area (Å²) >= 11 is 0. The zero-order chi connectivity index (χ0) is 10.7. The molecule has 14 heavy (non-hydrogen) atoms. The van der Waals surface area contributed by atoms with Gasteiger partial charge in [0.25, 0.3) is 0 Å². The van der Waals surface area contributed by atoms with Gasteiger partial charge in [-0.3, -0.25) is 0 Å². The first-order valence-corrected chi connectivity index (χ1v) is 4.76. The average Bonchev–Trinajstić information content (AvgIpc) is 2.01. The summed E-state index contributed by atoms with van der Waals surface area (Å²) < 4.78 is 0. The van der Waals surface area contributed by atoms with Crippen LogP contribution in [-0.4, -0.2) is 0 Å². The molecule has 1 aromatic carbocycles. The summed E-state index contributed by atoms with van der Waals surface area (Å²) in [7, 11) is 0. The zero-order valence-electron chi connectivity index (χ0n) is 8.96. The van der Waals surface area contributed by atoms with Crippen molar-refractivity contribution >= 4 is 0 Å². The third-order valence-electron chi connectivity index (χ3n) is 2.42. The summed E-state index contributed by atoms with van der Waals surface area (Å²) in [6, 6.07) is 6.18. The Labute approximate surface area is 85.4 Å². The molecular weight excluding hydrogens is 172 g/mol. The lowest BCUT2D eigenvalue weighted by Crippen LogP contribution is -2.12. The first-order valence-electron chi connectivity index (χ1n) is 4.76. The molecule has 1 atom stereocenters. The second-order valence-electron chi connectivity index (χ2n) is 3.78. The quantitative estimate of drug-likeness (QED) is 0.775. The number of benzene rings is 1. The van der Waals surface area contributed by atoms with E-state index < -0.39 is 0 Å². The van der Waals surface area contributed by atoms with E-state index in [1.165, 1.54) is 16.7 Å². The molecule has 0 radical (unpaired) electrons. The highest BCUT2D eigenvalue weighted by Gasteiger charge is 2.11. The topological polar surface area (TPSA) is 49.8 Å². The second-order valence-corrected chi connectivity index (χ2v) is 3.78. The molecule has 0 saturated carbocycles. The van der Waals surface area contributed by atoms with Crippen LogP contribution in [0.1, 0.15) is 34.7 Å². The van der Waals surface area contributed by atoms with E-state index >= 15 is 0 Å². The summed E-state index contributed by atoms with van der Waals surface area (Å²) in [5.74, 6) is 0. The maximum atomic E-state index is 8.60. The van der Waals surface area contributed by atoms with Gasteiger partial charge in [-0.2, -0.15) is 5.26 Å². The molecule has 0 aliphatic rings. The normalized spacial score (nSPS) is 12.2. The molecule has 1 unspecified atom stereocenters. The van der Waals surface area contributed by atoms with E-state index in [0.717, 1.165) is 5.56 Å². The predicted molar refractivity (Wildman–Crippen MR) is 57.8 cm³/mol. The fraction of sp³-hybridized carbons (Fsp3) is 0.417. The second kappa shape index (κ2) is 4.26. The molecule has 0 aliphatic heterocycles. The van der Waals surface area contributed by atoms with Crippen LogP contribution in [0.2, 0.25) is 0 Å². The fourth-order valence-electron chi connectivity index (χ4n) is 1.98. The number of hydrogen-bond acceptors (Lipinski definition) is 2. The SMILES string of the molecule is Cc1cc(C)c(C(N)CC#N)c(C)c1. The molecule has 0 spiro atoms. The molecule has 2 nitrogen and oxygen atoms in total. The number of nitrogens with zero attached hydrogens (tertiary/aromatic N) is 1. The van der Waals surface area contributed by atoms with Crippen molar-refractivity contribution in [3.8, 4) is 6.07 Å². The standard InChI is InChI=1S/C12H16N2/c1-8-6-9(2)12(10(3)7-8)11(14)4-5-13/h6-7,11H,4,14H2,1-3H3. The predicted octanol–water partition coefficient (Wildman–Crippen LogP) is 2.53. The van der Waals surface area contributed by atoms with Crippen LogP contribution >= 0.6 is 0 Å². The van der Waals surface area contributed by atoms with Gasteiger partial charge in [0.05, 0.1) is 12.5 Å². The first-order chi connectivity index (χ1) is 6.56. The van der Waals surface area contributed by atoms with Crippen LogP contribution < -0.4 is 5.73 Å². The number of nitriles is 1. The van der Waals surface area contributed by atoms with Crippen LogP contribution in [0.4, 0.5) is 0 Å². The minimum atomic E-state index is -0.152. The molecule has 0 heterocycles. The van der Waals surface area contributed by atoms with Gasteiger partial charge in [-0.25, -0.2) is 0 Å². The van der Waals surface area contributed by atoms with Crippen molar-refractivity contribution in [3.63, 3.8) is 0 Å². The van der Waals surface area contributed by atoms with E-state index in [1.807, 2.05) is 13.8 Å². The van der Waals surface area contributed by atoms with Gasteiger partial charge in [-0.1, -0.05) is 17.7 Å². The van der Waals surface area contributed by atoms with E-state index in [2.05, 4.69) is 25.1 Å². The number of aryl methyl sites for hydroxylation is 3. The Morgan fingerprint density at radius 1 is 1.29 bits per heavy atom. The smallest absolute Gasteiger partial charge is 0.0641 e. The molecule has 0 aliphatic carbocycles. The van der Waals surface area contributed by atoms with E-state index in [9.17, 15) is 0 Å². The van der Waals surface area contributed by atoms with E-state index in [0.29, 0.717) is 6.42 Å². The zero-order valence-corrected chi connectivity index (χ0v) is 8.96. The van der Waals surface area contributed by atoms with Crippen LogP contribution in [0, 0.1) is 32.1 Å². The minimum Gasteiger partial charge on any atom is -0.323 e. The first kappa shape index (κ1) is 10.7. The molecular formula is C12H16N2. The molecule has 1 rings (SSSR count). The van der Waals surface area contributed by atoms with E-state index in [-0.39, 0.29) is 6.04 Å². The summed E-state index contributed by atoms with van der Waals surface area (Å²) in [5, 5.41) is 8.60. The van der Waals surface area contributed by atoms with Crippen molar-refractivity contribution < 1.29 is 0 Å². The van der Waals surface area contributed by atoms with Crippen molar-refractivity contribution in [1.82, 2.24) is 0 Å². The van der Waals surface area contributed by atoms with Gasteiger partial charge in [0.2, 0.25) is 0 Å². The average molecular weight is 188 g/mol. The van der Waals surface area contributed by atoms with Gasteiger partial charge >= 0.3 is 0 Å². The molecule has 2 N–H and O–H groups in total. The lowest BCUT2D eigenvalue weighted by molar-refractivity contribution is 0.736. The third kappa shape index (κ3) is 2.12. The minimum absolute atomic E-state index is 0.152. The summed E-state index contributed by atoms with van der Waals surface area (Å²) in [6.07, 6.45) is 0.380. The Balaban J connectivity index is 3.15. The summed E-state index contributed by atoms with van der Waals surface area (Å²) in [6.45, 7) is 6.17. The van der Waals surface area contributed by atoms with Crippen LogP contribution in [0.25, 0.3) is 0 Å². The fourth-order valence-corrected chi connectivity index (χ4v) is 1.98. The molecule has 0 fully saturated rings. The van der Waals surface area contributed by atoms with Crippen LogP contribution in [0.15, 0.2) is 12.1 Å². The Hall–Kier alpha value is -1.33. The third-order valence-corrected chi connectivity index (χ3v) is 2.42. The van der Waals surface area contributed by atoms with Gasteiger partial charge in [0.1, 0.15) is 0 Å². The Morgan fingerprint density at radius 2 is 1.79 bits per heavy atom. The van der Waals surface area contributed by atoms with Gasteiger partial charge in [0, 0.05) is 6.04 Å². The van der Waals surface area contributed by atoms with Crippen molar-refractivity contribution in [2.75, 3.05) is 0 Å². The van der Waals surface area contributed by atoms with Crippen molar-refractivity contribution in [2.45, 2.75) is 33.2 Å². The summed E-state index contributed by atoms with van der Waals surface area (Å²) in [4.78, 5) is 0. The number of hydrogen-bond donors (Lipinski definition) is 1. The molecule has 0 saturated heterocycles. The molecule has 1 aromatic rings. The molecule has 0 amide bonds. The van der Waals surface area contributed by atoms with Crippen LogP contribution in [0.3, 0.4) is 0 Å². The lowest BCUT2D eigenvalue weighted by atomic mass is 9.93. The Kier molecular flexibility index (Phi) is 3.27. The van der Waals surface area contributed by atoms with Crippen LogP contribution in [0.5, 0.6) is 0 Å². The molecule has 74 valence electrons. The van der Waals surface area contributed by atoms with Gasteiger partial charge in [-0.15, -0.1) is 0 Å².